The van der Waals surface area contributed by atoms with Crippen LogP contribution in [0.2, 0.25) is 0 Å². The molecular formula is C9H12BrNO. The van der Waals surface area contributed by atoms with Crippen LogP contribution < -0.4 is 0 Å². The van der Waals surface area contributed by atoms with Crippen LogP contribution in [0.3, 0.4) is 0 Å². The number of oxime groups is 1. The van der Waals surface area contributed by atoms with E-state index in [9.17, 15) is 0 Å². The highest BCUT2D eigenvalue weighted by atomic mass is 79.9. The third-order valence-corrected chi connectivity index (χ3v) is 2.89. The maximum atomic E-state index is 4.65. The first kappa shape index (κ1) is 9.52. The van der Waals surface area contributed by atoms with Crippen molar-refractivity contribution < 1.29 is 4.84 Å². The molecular weight excluding hydrogens is 218 g/mol. The normalized spacial score (nSPS) is 27.4. The minimum Gasteiger partial charge on any atom is -0.399 e. The fourth-order valence-corrected chi connectivity index (χ4v) is 1.23. The Morgan fingerprint density at radius 1 is 1.50 bits per heavy atom. The van der Waals surface area contributed by atoms with Gasteiger partial charge < -0.3 is 4.84 Å². The quantitative estimate of drug-likeness (QED) is 0.527. The molecule has 0 amide bonds. The predicted molar refractivity (Wildman–Crippen MR) is 54.7 cm³/mol. The summed E-state index contributed by atoms with van der Waals surface area (Å²) in [6.45, 7) is 2.13. The van der Waals surface area contributed by atoms with Gasteiger partial charge in [-0.15, -0.1) is 0 Å². The fraction of sp³-hybridized carbons (Fsp3) is 0.444. The second kappa shape index (κ2) is 3.90. The molecule has 0 radical (unpaired) electrons. The number of allylic oxidation sites excluding steroid dienone is 4. The standard InChI is InChI=1S/C9H12BrNO/c1-3-9(10)6-4-8(5-7-9)11-12-2/h4-7H,3H2,1-2H3. The number of nitrogens with zero attached hydrogens (tertiary/aromatic N) is 1. The summed E-state index contributed by atoms with van der Waals surface area (Å²) in [6, 6.07) is 0. The van der Waals surface area contributed by atoms with Gasteiger partial charge in [-0.2, -0.15) is 0 Å². The lowest BCUT2D eigenvalue weighted by Gasteiger charge is -2.19. The van der Waals surface area contributed by atoms with Gasteiger partial charge in [0, 0.05) is 0 Å². The number of alkyl halides is 1. The average Bonchev–Trinajstić information content (AvgIpc) is 2.10. The van der Waals surface area contributed by atoms with Crippen LogP contribution in [0.15, 0.2) is 29.5 Å². The van der Waals surface area contributed by atoms with Crippen LogP contribution in [0.1, 0.15) is 13.3 Å². The van der Waals surface area contributed by atoms with E-state index >= 15 is 0 Å². The molecule has 0 aromatic rings. The molecule has 1 aliphatic carbocycles. The van der Waals surface area contributed by atoms with E-state index < -0.39 is 0 Å². The summed E-state index contributed by atoms with van der Waals surface area (Å²) in [4.78, 5) is 4.65. The Bertz CT molecular complexity index is 227. The zero-order valence-electron chi connectivity index (χ0n) is 7.25. The summed E-state index contributed by atoms with van der Waals surface area (Å²) in [5.74, 6) is 0. The molecule has 0 spiro atoms. The highest BCUT2D eigenvalue weighted by Crippen LogP contribution is 2.28. The SMILES string of the molecule is CCC1(Br)C=CC(=NOC)C=C1. The molecule has 0 bridgehead atoms. The largest absolute Gasteiger partial charge is 0.399 e. The minimum absolute atomic E-state index is 0.0137. The second-order valence-electron chi connectivity index (χ2n) is 2.65. The van der Waals surface area contributed by atoms with Gasteiger partial charge in [0.2, 0.25) is 0 Å². The van der Waals surface area contributed by atoms with Crippen molar-refractivity contribution in [1.82, 2.24) is 0 Å². The van der Waals surface area contributed by atoms with Crippen molar-refractivity contribution in [2.75, 3.05) is 7.11 Å². The van der Waals surface area contributed by atoms with Crippen molar-refractivity contribution in [2.45, 2.75) is 17.7 Å². The molecule has 0 aliphatic heterocycles. The summed E-state index contributed by atoms with van der Waals surface area (Å²) < 4.78 is 0.0137. The maximum absolute atomic E-state index is 4.65. The van der Waals surface area contributed by atoms with Crippen LogP contribution in [0.25, 0.3) is 0 Å². The number of rotatable bonds is 2. The van der Waals surface area contributed by atoms with Crippen molar-refractivity contribution in [3.63, 3.8) is 0 Å². The molecule has 2 nitrogen and oxygen atoms in total. The Kier molecular flexibility index (Phi) is 3.09. The molecule has 0 atom stereocenters. The van der Waals surface area contributed by atoms with E-state index in [4.69, 9.17) is 0 Å². The number of halogens is 1. The molecule has 0 unspecified atom stereocenters. The van der Waals surface area contributed by atoms with Gasteiger partial charge in [0.15, 0.2) is 0 Å². The van der Waals surface area contributed by atoms with Crippen LogP contribution >= 0.6 is 15.9 Å². The summed E-state index contributed by atoms with van der Waals surface area (Å²) in [6.07, 6.45) is 9.07. The molecule has 0 heterocycles. The van der Waals surface area contributed by atoms with E-state index in [0.29, 0.717) is 0 Å². The first-order chi connectivity index (χ1) is 5.70. The topological polar surface area (TPSA) is 21.6 Å². The van der Waals surface area contributed by atoms with Gasteiger partial charge in [0.1, 0.15) is 12.8 Å². The van der Waals surface area contributed by atoms with E-state index in [2.05, 4.69) is 45.0 Å². The lowest BCUT2D eigenvalue weighted by atomic mass is 10.00. The van der Waals surface area contributed by atoms with Gasteiger partial charge in [-0.1, -0.05) is 40.2 Å². The molecule has 0 saturated carbocycles. The molecule has 1 aliphatic rings. The molecule has 0 aromatic carbocycles. The molecule has 1 rings (SSSR count). The molecule has 3 heteroatoms. The van der Waals surface area contributed by atoms with Crippen LogP contribution in [-0.4, -0.2) is 17.1 Å². The molecule has 66 valence electrons. The van der Waals surface area contributed by atoms with Gasteiger partial charge in [-0.25, -0.2) is 0 Å². The van der Waals surface area contributed by atoms with Gasteiger partial charge in [0.25, 0.3) is 0 Å². The Morgan fingerprint density at radius 2 is 2.08 bits per heavy atom. The maximum Gasteiger partial charge on any atom is 0.106 e. The van der Waals surface area contributed by atoms with Crippen LogP contribution in [0.4, 0.5) is 0 Å². The van der Waals surface area contributed by atoms with E-state index in [1.165, 1.54) is 0 Å². The Labute approximate surface area is 81.1 Å². The van der Waals surface area contributed by atoms with E-state index in [0.717, 1.165) is 12.1 Å². The van der Waals surface area contributed by atoms with Gasteiger partial charge >= 0.3 is 0 Å². The van der Waals surface area contributed by atoms with E-state index in [1.54, 1.807) is 7.11 Å². The fourth-order valence-electron chi connectivity index (χ4n) is 0.961. The van der Waals surface area contributed by atoms with Crippen molar-refractivity contribution in [2.24, 2.45) is 5.16 Å². The van der Waals surface area contributed by atoms with Crippen molar-refractivity contribution in [3.05, 3.63) is 24.3 Å². The first-order valence-electron chi connectivity index (χ1n) is 3.89. The Hall–Kier alpha value is -0.570. The lowest BCUT2D eigenvalue weighted by molar-refractivity contribution is 0.214. The van der Waals surface area contributed by atoms with Crippen LogP contribution in [-0.2, 0) is 4.84 Å². The molecule has 0 aromatic heterocycles. The minimum atomic E-state index is 0.0137. The van der Waals surface area contributed by atoms with Crippen LogP contribution in [0.5, 0.6) is 0 Å². The van der Waals surface area contributed by atoms with Crippen molar-refractivity contribution >= 4 is 21.6 Å². The smallest absolute Gasteiger partial charge is 0.106 e. The van der Waals surface area contributed by atoms with E-state index in [1.807, 2.05) is 12.2 Å². The number of hydrogen-bond acceptors (Lipinski definition) is 2. The summed E-state index contributed by atoms with van der Waals surface area (Å²) >= 11 is 3.60. The molecule has 0 fully saturated rings. The second-order valence-corrected chi connectivity index (χ2v) is 4.12. The Morgan fingerprint density at radius 3 is 2.50 bits per heavy atom. The lowest BCUT2D eigenvalue weighted by Crippen LogP contribution is -2.16. The summed E-state index contributed by atoms with van der Waals surface area (Å²) in [5.41, 5.74) is 0.848. The van der Waals surface area contributed by atoms with Crippen LogP contribution in [0, 0.1) is 0 Å². The predicted octanol–water partition coefficient (Wildman–Crippen LogP) is 2.66. The molecule has 12 heavy (non-hydrogen) atoms. The number of hydrogen-bond donors (Lipinski definition) is 0. The van der Waals surface area contributed by atoms with Crippen molar-refractivity contribution in [3.8, 4) is 0 Å². The van der Waals surface area contributed by atoms with Gasteiger partial charge in [-0.3, -0.25) is 0 Å². The van der Waals surface area contributed by atoms with Crippen molar-refractivity contribution in [1.29, 1.82) is 0 Å². The highest BCUT2D eigenvalue weighted by Gasteiger charge is 2.19. The summed E-state index contributed by atoms with van der Waals surface area (Å²) in [5, 5.41) is 3.81. The monoisotopic (exact) mass is 229 g/mol. The zero-order valence-corrected chi connectivity index (χ0v) is 8.84. The summed E-state index contributed by atoms with van der Waals surface area (Å²) in [7, 11) is 1.55. The molecule has 0 N–H and O–H groups in total. The highest BCUT2D eigenvalue weighted by molar-refractivity contribution is 9.10. The third kappa shape index (κ3) is 2.21. The Balaban J connectivity index is 2.72. The third-order valence-electron chi connectivity index (χ3n) is 1.80. The average molecular weight is 230 g/mol. The van der Waals surface area contributed by atoms with Gasteiger partial charge in [0.05, 0.1) is 4.32 Å². The van der Waals surface area contributed by atoms with Gasteiger partial charge in [-0.05, 0) is 18.6 Å². The molecule has 0 saturated heterocycles. The zero-order chi connectivity index (χ0) is 9.03. The van der Waals surface area contributed by atoms with E-state index in [-0.39, 0.29) is 4.32 Å². The first-order valence-corrected chi connectivity index (χ1v) is 4.68.